The summed E-state index contributed by atoms with van der Waals surface area (Å²) in [6.45, 7) is 0.386. The van der Waals surface area contributed by atoms with E-state index in [1.165, 1.54) is 15.6 Å². The molecule has 2 aromatic rings. The fraction of sp³-hybridized carbons (Fsp3) is 0.400. The molecule has 7 nitrogen and oxygen atoms in total. The summed E-state index contributed by atoms with van der Waals surface area (Å²) in [5.74, 6) is -0.323. The fourth-order valence-electron chi connectivity index (χ4n) is 2.74. The summed E-state index contributed by atoms with van der Waals surface area (Å²) in [5.41, 5.74) is 1.67. The molecular weight excluding hydrogens is 348 g/mol. The maximum absolute atomic E-state index is 12.5. The molecule has 3 heterocycles. The van der Waals surface area contributed by atoms with Crippen LogP contribution < -0.4 is 5.32 Å². The van der Waals surface area contributed by atoms with Crippen LogP contribution in [-0.2, 0) is 14.8 Å². The molecule has 1 amide bonds. The molecule has 128 valence electrons. The number of pyridine rings is 1. The van der Waals surface area contributed by atoms with Gasteiger partial charge in [-0.25, -0.2) is 13.4 Å². The van der Waals surface area contributed by atoms with Crippen LogP contribution in [0.15, 0.2) is 29.9 Å². The third-order valence-electron chi connectivity index (χ3n) is 3.89. The third kappa shape index (κ3) is 3.80. The second-order valence-corrected chi connectivity index (χ2v) is 8.44. The van der Waals surface area contributed by atoms with Gasteiger partial charge in [0.25, 0.3) is 0 Å². The van der Waals surface area contributed by atoms with Crippen molar-refractivity contribution in [1.82, 2.24) is 14.3 Å². The van der Waals surface area contributed by atoms with E-state index in [2.05, 4.69) is 15.3 Å². The van der Waals surface area contributed by atoms with Gasteiger partial charge in [0.2, 0.25) is 15.9 Å². The Morgan fingerprint density at radius 1 is 1.33 bits per heavy atom. The van der Waals surface area contributed by atoms with Crippen LogP contribution in [0.1, 0.15) is 19.3 Å². The molecule has 1 unspecified atom stereocenters. The maximum Gasteiger partial charge on any atom is 0.244 e. The largest absolute Gasteiger partial charge is 0.301 e. The number of aromatic nitrogens is 2. The van der Waals surface area contributed by atoms with Crippen LogP contribution in [-0.4, -0.2) is 47.4 Å². The monoisotopic (exact) mass is 366 g/mol. The van der Waals surface area contributed by atoms with E-state index in [1.54, 1.807) is 12.4 Å². The predicted molar refractivity (Wildman–Crippen MR) is 93.2 cm³/mol. The van der Waals surface area contributed by atoms with Crippen LogP contribution in [0.25, 0.3) is 11.3 Å². The van der Waals surface area contributed by atoms with E-state index in [9.17, 15) is 13.2 Å². The Labute approximate surface area is 144 Å². The standard InChI is InChI=1S/C15H18N4O3S2/c1-24(21,22)19-9-3-2-4-13(19)14(20)18-15-17-12(10-23-15)11-5-7-16-8-6-11/h5-8,10,13H,2-4,9H2,1H3,(H,17,18,20). The molecule has 0 bridgehead atoms. The maximum atomic E-state index is 12.5. The number of anilines is 1. The Bertz CT molecular complexity index is 820. The Hall–Kier alpha value is -1.84. The first-order valence-corrected chi connectivity index (χ1v) is 10.3. The van der Waals surface area contributed by atoms with Gasteiger partial charge in [0.15, 0.2) is 5.13 Å². The topological polar surface area (TPSA) is 92.3 Å². The lowest BCUT2D eigenvalue weighted by Gasteiger charge is -2.32. The molecule has 3 rings (SSSR count). The molecule has 1 atom stereocenters. The van der Waals surface area contributed by atoms with Gasteiger partial charge < -0.3 is 5.32 Å². The van der Waals surface area contributed by atoms with Crippen molar-refractivity contribution in [3.63, 3.8) is 0 Å². The van der Waals surface area contributed by atoms with Gasteiger partial charge in [-0.1, -0.05) is 6.42 Å². The number of carbonyl (C=O) groups excluding carboxylic acids is 1. The highest BCUT2D eigenvalue weighted by molar-refractivity contribution is 7.88. The number of nitrogens with one attached hydrogen (secondary N) is 1. The number of amides is 1. The average Bonchev–Trinajstić information content (AvgIpc) is 3.03. The number of hydrogen-bond donors (Lipinski definition) is 1. The summed E-state index contributed by atoms with van der Waals surface area (Å²) >= 11 is 1.31. The lowest BCUT2D eigenvalue weighted by molar-refractivity contribution is -0.120. The molecule has 0 radical (unpaired) electrons. The van der Waals surface area contributed by atoms with E-state index in [4.69, 9.17) is 0 Å². The molecule has 1 saturated heterocycles. The van der Waals surface area contributed by atoms with Gasteiger partial charge >= 0.3 is 0 Å². The zero-order valence-electron chi connectivity index (χ0n) is 13.2. The molecule has 0 aromatic carbocycles. The second kappa shape index (κ2) is 6.96. The second-order valence-electron chi connectivity index (χ2n) is 5.65. The van der Waals surface area contributed by atoms with Crippen molar-refractivity contribution in [2.45, 2.75) is 25.3 Å². The van der Waals surface area contributed by atoms with Crippen molar-refractivity contribution < 1.29 is 13.2 Å². The van der Waals surface area contributed by atoms with Crippen molar-refractivity contribution in [3.8, 4) is 11.3 Å². The van der Waals surface area contributed by atoms with Crippen molar-refractivity contribution in [3.05, 3.63) is 29.9 Å². The molecule has 1 N–H and O–H groups in total. The Kier molecular flexibility index (Phi) is 4.93. The van der Waals surface area contributed by atoms with Crippen molar-refractivity contribution >= 4 is 32.4 Å². The molecule has 24 heavy (non-hydrogen) atoms. The normalized spacial score (nSPS) is 19.1. The molecule has 1 aliphatic rings. The smallest absolute Gasteiger partial charge is 0.244 e. The minimum atomic E-state index is -3.40. The summed E-state index contributed by atoms with van der Waals surface area (Å²) in [6, 6.07) is 3.02. The quantitative estimate of drug-likeness (QED) is 0.893. The Morgan fingerprint density at radius 3 is 2.79 bits per heavy atom. The van der Waals surface area contributed by atoms with E-state index >= 15 is 0 Å². The number of rotatable bonds is 4. The summed E-state index contributed by atoms with van der Waals surface area (Å²) in [4.78, 5) is 20.9. The SMILES string of the molecule is CS(=O)(=O)N1CCCCC1C(=O)Nc1nc(-c2ccncc2)cs1. The van der Waals surface area contributed by atoms with Crippen LogP contribution in [0, 0.1) is 0 Å². The van der Waals surface area contributed by atoms with Crippen LogP contribution >= 0.6 is 11.3 Å². The van der Waals surface area contributed by atoms with Gasteiger partial charge in [-0.2, -0.15) is 4.31 Å². The van der Waals surface area contributed by atoms with Gasteiger partial charge in [-0.15, -0.1) is 11.3 Å². The minimum absolute atomic E-state index is 0.323. The first-order valence-electron chi connectivity index (χ1n) is 7.59. The predicted octanol–water partition coefficient (Wildman–Crippen LogP) is 1.96. The van der Waals surface area contributed by atoms with Crippen molar-refractivity contribution in [1.29, 1.82) is 0 Å². The molecule has 1 aliphatic heterocycles. The summed E-state index contributed by atoms with van der Waals surface area (Å²) in [7, 11) is -3.40. The number of thiazole rings is 1. The highest BCUT2D eigenvalue weighted by atomic mass is 32.2. The highest BCUT2D eigenvalue weighted by Gasteiger charge is 2.34. The Morgan fingerprint density at radius 2 is 2.08 bits per heavy atom. The number of carbonyl (C=O) groups is 1. The van der Waals surface area contributed by atoms with Gasteiger partial charge in [-0.3, -0.25) is 9.78 Å². The van der Waals surface area contributed by atoms with Crippen LogP contribution in [0.2, 0.25) is 0 Å². The average molecular weight is 366 g/mol. The first-order chi connectivity index (χ1) is 11.4. The fourth-order valence-corrected chi connectivity index (χ4v) is 4.59. The summed E-state index contributed by atoms with van der Waals surface area (Å²) in [5, 5.41) is 5.06. The van der Waals surface area contributed by atoms with Gasteiger partial charge in [-0.05, 0) is 25.0 Å². The molecule has 2 aromatic heterocycles. The molecule has 1 fully saturated rings. The van der Waals surface area contributed by atoms with Gasteiger partial charge in [0.1, 0.15) is 6.04 Å². The number of nitrogens with zero attached hydrogens (tertiary/aromatic N) is 3. The third-order valence-corrected chi connectivity index (χ3v) is 5.94. The van der Waals surface area contributed by atoms with E-state index in [-0.39, 0.29) is 5.91 Å². The van der Waals surface area contributed by atoms with Crippen LogP contribution in [0.4, 0.5) is 5.13 Å². The van der Waals surface area contributed by atoms with Crippen LogP contribution in [0.3, 0.4) is 0 Å². The molecule has 9 heteroatoms. The lowest BCUT2D eigenvalue weighted by Crippen LogP contribution is -2.49. The van der Waals surface area contributed by atoms with Gasteiger partial charge in [0.05, 0.1) is 11.9 Å². The minimum Gasteiger partial charge on any atom is -0.301 e. The van der Waals surface area contributed by atoms with Crippen molar-refractivity contribution in [2.24, 2.45) is 0 Å². The number of sulfonamides is 1. The summed E-state index contributed by atoms with van der Waals surface area (Å²) in [6.07, 6.45) is 6.65. The number of piperidine rings is 1. The van der Waals surface area contributed by atoms with Crippen molar-refractivity contribution in [2.75, 3.05) is 18.1 Å². The lowest BCUT2D eigenvalue weighted by atomic mass is 10.0. The van der Waals surface area contributed by atoms with E-state index in [0.717, 1.165) is 30.4 Å². The van der Waals surface area contributed by atoms with E-state index in [1.807, 2.05) is 17.5 Å². The molecular formula is C15H18N4O3S2. The van der Waals surface area contributed by atoms with Crippen LogP contribution in [0.5, 0.6) is 0 Å². The highest BCUT2D eigenvalue weighted by Crippen LogP contribution is 2.26. The molecule has 0 aliphatic carbocycles. The Balaban J connectivity index is 1.74. The number of hydrogen-bond acceptors (Lipinski definition) is 6. The van der Waals surface area contributed by atoms with E-state index < -0.39 is 16.1 Å². The molecule has 0 saturated carbocycles. The van der Waals surface area contributed by atoms with E-state index in [0.29, 0.717) is 18.1 Å². The van der Waals surface area contributed by atoms with Gasteiger partial charge in [0, 0.05) is 29.9 Å². The first kappa shape index (κ1) is 17.0. The molecule has 0 spiro atoms. The summed E-state index contributed by atoms with van der Waals surface area (Å²) < 4.78 is 25.0. The zero-order chi connectivity index (χ0) is 17.2. The zero-order valence-corrected chi connectivity index (χ0v) is 14.8.